The summed E-state index contributed by atoms with van der Waals surface area (Å²) in [5.74, 6) is 1.49. The Morgan fingerprint density at radius 3 is 2.73 bits per heavy atom. The third kappa shape index (κ3) is 1.91. The Bertz CT molecular complexity index is 416. The molecule has 0 aliphatic heterocycles. The molecule has 2 N–H and O–H groups in total. The van der Waals surface area contributed by atoms with E-state index in [9.17, 15) is 4.79 Å². The lowest BCUT2D eigenvalue weighted by Crippen LogP contribution is -2.31. The van der Waals surface area contributed by atoms with Gasteiger partial charge in [-0.05, 0) is 37.7 Å². The Morgan fingerprint density at radius 1 is 1.47 bits per heavy atom. The van der Waals surface area contributed by atoms with Crippen molar-refractivity contribution in [3.8, 4) is 0 Å². The molecule has 3 nitrogen and oxygen atoms in total. The van der Waals surface area contributed by atoms with Crippen molar-refractivity contribution in [2.45, 2.75) is 33.2 Å². The molecule has 0 spiro atoms. The van der Waals surface area contributed by atoms with E-state index in [4.69, 9.17) is 5.73 Å². The standard InChI is InChI=1S/C12H18N2O/c1-8-5-10(6-8)7-14-9(2)11(13)3-4-12(14)15/h3-4,8,10H,5-7,13H2,1-2H3. The topological polar surface area (TPSA) is 48.0 Å². The highest BCUT2D eigenvalue weighted by Crippen LogP contribution is 2.34. The molecule has 1 fully saturated rings. The summed E-state index contributed by atoms with van der Waals surface area (Å²) in [4.78, 5) is 11.7. The van der Waals surface area contributed by atoms with Crippen molar-refractivity contribution in [1.29, 1.82) is 0 Å². The lowest BCUT2D eigenvalue weighted by atomic mass is 9.76. The third-order valence-corrected chi connectivity index (χ3v) is 3.41. The maximum Gasteiger partial charge on any atom is 0.250 e. The Labute approximate surface area is 89.9 Å². The Hall–Kier alpha value is -1.25. The zero-order valence-corrected chi connectivity index (χ0v) is 9.36. The first kappa shape index (κ1) is 10.3. The molecule has 0 amide bonds. The number of hydrogen-bond donors (Lipinski definition) is 1. The van der Waals surface area contributed by atoms with E-state index in [1.807, 2.05) is 11.5 Å². The van der Waals surface area contributed by atoms with Gasteiger partial charge < -0.3 is 10.3 Å². The third-order valence-electron chi connectivity index (χ3n) is 3.41. The molecule has 0 saturated heterocycles. The maximum atomic E-state index is 11.7. The number of pyridine rings is 1. The monoisotopic (exact) mass is 206 g/mol. The summed E-state index contributed by atoms with van der Waals surface area (Å²) in [6.45, 7) is 5.00. The van der Waals surface area contributed by atoms with E-state index in [2.05, 4.69) is 6.92 Å². The number of nitrogens with two attached hydrogens (primary N) is 1. The Kier molecular flexibility index (Phi) is 2.55. The van der Waals surface area contributed by atoms with Crippen LogP contribution in [0.4, 0.5) is 5.69 Å². The van der Waals surface area contributed by atoms with E-state index in [0.29, 0.717) is 11.6 Å². The molecule has 1 saturated carbocycles. The molecule has 0 unspecified atom stereocenters. The van der Waals surface area contributed by atoms with E-state index in [1.165, 1.54) is 12.8 Å². The minimum absolute atomic E-state index is 0.0706. The fourth-order valence-electron chi connectivity index (χ4n) is 2.40. The van der Waals surface area contributed by atoms with Gasteiger partial charge in [0.1, 0.15) is 0 Å². The zero-order valence-electron chi connectivity index (χ0n) is 9.36. The molecule has 2 rings (SSSR count). The van der Waals surface area contributed by atoms with Crippen LogP contribution in [0.5, 0.6) is 0 Å². The molecule has 0 aromatic carbocycles. The van der Waals surface area contributed by atoms with Gasteiger partial charge in [0, 0.05) is 18.3 Å². The van der Waals surface area contributed by atoms with Crippen LogP contribution in [-0.4, -0.2) is 4.57 Å². The number of hydrogen-bond acceptors (Lipinski definition) is 2. The predicted octanol–water partition coefficient (Wildman–Crippen LogP) is 1.79. The second kappa shape index (κ2) is 3.72. The van der Waals surface area contributed by atoms with Crippen LogP contribution < -0.4 is 11.3 Å². The zero-order chi connectivity index (χ0) is 11.0. The predicted molar refractivity (Wildman–Crippen MR) is 61.7 cm³/mol. The summed E-state index contributed by atoms with van der Waals surface area (Å²) < 4.78 is 1.81. The molecular weight excluding hydrogens is 188 g/mol. The average molecular weight is 206 g/mol. The summed E-state index contributed by atoms with van der Waals surface area (Å²) in [7, 11) is 0. The van der Waals surface area contributed by atoms with Gasteiger partial charge in [0.05, 0.1) is 5.69 Å². The van der Waals surface area contributed by atoms with Crippen molar-refractivity contribution in [2.24, 2.45) is 11.8 Å². The Balaban J connectivity index is 2.20. The van der Waals surface area contributed by atoms with Crippen LogP contribution in [0.2, 0.25) is 0 Å². The first-order valence-electron chi connectivity index (χ1n) is 5.54. The summed E-state index contributed by atoms with van der Waals surface area (Å²) in [5, 5.41) is 0. The maximum absolute atomic E-state index is 11.7. The van der Waals surface area contributed by atoms with Crippen molar-refractivity contribution < 1.29 is 0 Å². The van der Waals surface area contributed by atoms with Crippen LogP contribution >= 0.6 is 0 Å². The summed E-state index contributed by atoms with van der Waals surface area (Å²) in [5.41, 5.74) is 7.48. The van der Waals surface area contributed by atoms with Crippen LogP contribution in [0, 0.1) is 18.8 Å². The van der Waals surface area contributed by atoms with Gasteiger partial charge in [0.15, 0.2) is 0 Å². The molecule has 1 aliphatic rings. The number of rotatable bonds is 2. The molecule has 1 heterocycles. The van der Waals surface area contributed by atoms with Gasteiger partial charge in [-0.2, -0.15) is 0 Å². The number of nitrogens with zero attached hydrogens (tertiary/aromatic N) is 1. The second-order valence-electron chi connectivity index (χ2n) is 4.77. The van der Waals surface area contributed by atoms with Crippen molar-refractivity contribution >= 4 is 5.69 Å². The number of nitrogen functional groups attached to an aromatic ring is 1. The molecule has 3 heteroatoms. The van der Waals surface area contributed by atoms with Crippen LogP contribution in [0.3, 0.4) is 0 Å². The minimum Gasteiger partial charge on any atom is -0.397 e. The lowest BCUT2D eigenvalue weighted by molar-refractivity contribution is 0.185. The first-order chi connectivity index (χ1) is 7.08. The van der Waals surface area contributed by atoms with Gasteiger partial charge in [-0.25, -0.2) is 0 Å². The summed E-state index contributed by atoms with van der Waals surface area (Å²) in [6.07, 6.45) is 2.47. The fourth-order valence-corrected chi connectivity index (χ4v) is 2.40. The van der Waals surface area contributed by atoms with E-state index in [1.54, 1.807) is 12.1 Å². The summed E-state index contributed by atoms with van der Waals surface area (Å²) >= 11 is 0. The van der Waals surface area contributed by atoms with Crippen molar-refractivity contribution in [3.05, 3.63) is 28.2 Å². The van der Waals surface area contributed by atoms with Gasteiger partial charge in [0.2, 0.25) is 0 Å². The second-order valence-corrected chi connectivity index (χ2v) is 4.77. The van der Waals surface area contributed by atoms with Gasteiger partial charge in [-0.3, -0.25) is 4.79 Å². The van der Waals surface area contributed by atoms with E-state index in [0.717, 1.165) is 18.2 Å². The van der Waals surface area contributed by atoms with E-state index < -0.39 is 0 Å². The van der Waals surface area contributed by atoms with Crippen molar-refractivity contribution in [2.75, 3.05) is 5.73 Å². The molecule has 82 valence electrons. The first-order valence-corrected chi connectivity index (χ1v) is 5.54. The average Bonchev–Trinajstić information content (AvgIpc) is 2.15. The molecular formula is C12H18N2O. The lowest BCUT2D eigenvalue weighted by Gasteiger charge is -2.33. The van der Waals surface area contributed by atoms with Crippen LogP contribution in [0.25, 0.3) is 0 Å². The van der Waals surface area contributed by atoms with Crippen LogP contribution in [-0.2, 0) is 6.54 Å². The van der Waals surface area contributed by atoms with Crippen LogP contribution in [0.1, 0.15) is 25.5 Å². The quantitative estimate of drug-likeness (QED) is 0.802. The molecule has 15 heavy (non-hydrogen) atoms. The number of aromatic nitrogens is 1. The van der Waals surface area contributed by atoms with Gasteiger partial charge >= 0.3 is 0 Å². The molecule has 0 atom stereocenters. The normalized spacial score (nSPS) is 24.9. The largest absolute Gasteiger partial charge is 0.397 e. The molecule has 1 aromatic heterocycles. The van der Waals surface area contributed by atoms with Crippen molar-refractivity contribution in [1.82, 2.24) is 4.57 Å². The van der Waals surface area contributed by atoms with Gasteiger partial charge in [-0.1, -0.05) is 6.92 Å². The highest BCUT2D eigenvalue weighted by Gasteiger charge is 2.26. The van der Waals surface area contributed by atoms with Gasteiger partial charge in [-0.15, -0.1) is 0 Å². The highest BCUT2D eigenvalue weighted by molar-refractivity contribution is 5.41. The molecule has 1 aromatic rings. The van der Waals surface area contributed by atoms with E-state index >= 15 is 0 Å². The molecule has 0 radical (unpaired) electrons. The highest BCUT2D eigenvalue weighted by atomic mass is 16.1. The number of anilines is 1. The van der Waals surface area contributed by atoms with Gasteiger partial charge in [0.25, 0.3) is 5.56 Å². The Morgan fingerprint density at radius 2 is 2.13 bits per heavy atom. The smallest absolute Gasteiger partial charge is 0.250 e. The van der Waals surface area contributed by atoms with Crippen molar-refractivity contribution in [3.63, 3.8) is 0 Å². The SMILES string of the molecule is Cc1c(N)ccc(=O)n1CC1CC(C)C1. The van der Waals surface area contributed by atoms with Crippen LogP contribution in [0.15, 0.2) is 16.9 Å². The minimum atomic E-state index is 0.0706. The van der Waals surface area contributed by atoms with E-state index in [-0.39, 0.29) is 5.56 Å². The summed E-state index contributed by atoms with van der Waals surface area (Å²) in [6, 6.07) is 3.25. The molecule has 0 bridgehead atoms. The fraction of sp³-hybridized carbons (Fsp3) is 0.583. The molecule has 1 aliphatic carbocycles.